The topological polar surface area (TPSA) is 3.24 Å². The predicted molar refractivity (Wildman–Crippen MR) is 81.6 cm³/mol. The van der Waals surface area contributed by atoms with Crippen molar-refractivity contribution >= 4 is 0 Å². The molecular formula is C17H31N. The molecule has 0 N–H and O–H groups in total. The SMILES string of the molecule is CCCC/C=C/CN(CC(C)C)C1=CCCCC1. The van der Waals surface area contributed by atoms with Crippen molar-refractivity contribution in [3.05, 3.63) is 23.9 Å². The summed E-state index contributed by atoms with van der Waals surface area (Å²) < 4.78 is 0. The molecule has 0 bridgehead atoms. The van der Waals surface area contributed by atoms with E-state index in [4.69, 9.17) is 0 Å². The second kappa shape index (κ2) is 9.24. The zero-order chi connectivity index (χ0) is 13.2. The average Bonchev–Trinajstić information content (AvgIpc) is 2.38. The van der Waals surface area contributed by atoms with Crippen molar-refractivity contribution in [1.29, 1.82) is 0 Å². The Morgan fingerprint density at radius 1 is 1.28 bits per heavy atom. The van der Waals surface area contributed by atoms with Crippen LogP contribution in [0, 0.1) is 5.92 Å². The van der Waals surface area contributed by atoms with Gasteiger partial charge in [-0.2, -0.15) is 0 Å². The van der Waals surface area contributed by atoms with E-state index < -0.39 is 0 Å². The highest BCUT2D eigenvalue weighted by molar-refractivity contribution is 5.06. The molecule has 0 saturated heterocycles. The summed E-state index contributed by atoms with van der Waals surface area (Å²) in [5, 5.41) is 0. The van der Waals surface area contributed by atoms with Crippen LogP contribution in [0.1, 0.15) is 65.7 Å². The van der Waals surface area contributed by atoms with Crippen LogP contribution in [0.4, 0.5) is 0 Å². The van der Waals surface area contributed by atoms with E-state index in [1.807, 2.05) is 0 Å². The van der Waals surface area contributed by atoms with Gasteiger partial charge in [0.15, 0.2) is 0 Å². The molecule has 0 fully saturated rings. The summed E-state index contributed by atoms with van der Waals surface area (Å²) >= 11 is 0. The van der Waals surface area contributed by atoms with Gasteiger partial charge in [0.05, 0.1) is 0 Å². The van der Waals surface area contributed by atoms with E-state index in [1.54, 1.807) is 5.70 Å². The standard InChI is InChI=1S/C17H31N/c1-4-5-6-7-11-14-18(15-16(2)3)17-12-9-8-10-13-17/h7,11-12,16H,4-6,8-10,13-15H2,1-3H3/b11-7+. The van der Waals surface area contributed by atoms with Gasteiger partial charge in [-0.15, -0.1) is 0 Å². The maximum atomic E-state index is 2.59. The molecule has 1 aliphatic rings. The molecule has 1 heteroatoms. The van der Waals surface area contributed by atoms with Crippen LogP contribution < -0.4 is 0 Å². The Morgan fingerprint density at radius 2 is 2.11 bits per heavy atom. The number of rotatable bonds is 8. The summed E-state index contributed by atoms with van der Waals surface area (Å²) in [6.07, 6.45) is 16.4. The Kier molecular flexibility index (Phi) is 7.88. The van der Waals surface area contributed by atoms with Gasteiger partial charge in [0.25, 0.3) is 0 Å². The quantitative estimate of drug-likeness (QED) is 0.425. The maximum absolute atomic E-state index is 2.59. The lowest BCUT2D eigenvalue weighted by atomic mass is 10.0. The van der Waals surface area contributed by atoms with Crippen molar-refractivity contribution in [2.75, 3.05) is 13.1 Å². The third-order valence-electron chi connectivity index (χ3n) is 3.48. The monoisotopic (exact) mass is 249 g/mol. The number of hydrogen-bond donors (Lipinski definition) is 0. The Labute approximate surface area is 114 Å². The minimum atomic E-state index is 0.747. The van der Waals surface area contributed by atoms with Crippen molar-refractivity contribution in [3.63, 3.8) is 0 Å². The van der Waals surface area contributed by atoms with E-state index in [0.717, 1.165) is 12.5 Å². The van der Waals surface area contributed by atoms with Crippen LogP contribution in [0.3, 0.4) is 0 Å². The average molecular weight is 249 g/mol. The fourth-order valence-corrected chi connectivity index (χ4v) is 2.50. The fraction of sp³-hybridized carbons (Fsp3) is 0.765. The number of unbranched alkanes of at least 4 members (excludes halogenated alkanes) is 2. The Balaban J connectivity index is 2.44. The zero-order valence-electron chi connectivity index (χ0n) is 12.6. The Morgan fingerprint density at radius 3 is 2.72 bits per heavy atom. The first-order valence-electron chi connectivity index (χ1n) is 7.83. The summed E-state index contributed by atoms with van der Waals surface area (Å²) in [6, 6.07) is 0. The Hall–Kier alpha value is -0.720. The smallest absolute Gasteiger partial charge is 0.0356 e. The molecule has 104 valence electrons. The van der Waals surface area contributed by atoms with Gasteiger partial charge in [-0.3, -0.25) is 0 Å². The van der Waals surface area contributed by atoms with E-state index in [0.29, 0.717) is 0 Å². The first-order chi connectivity index (χ1) is 8.74. The fourth-order valence-electron chi connectivity index (χ4n) is 2.50. The second-order valence-electron chi connectivity index (χ2n) is 5.85. The maximum Gasteiger partial charge on any atom is 0.0356 e. The van der Waals surface area contributed by atoms with Gasteiger partial charge in [0, 0.05) is 18.8 Å². The first kappa shape index (κ1) is 15.3. The number of nitrogens with zero attached hydrogens (tertiary/aromatic N) is 1. The first-order valence-corrected chi connectivity index (χ1v) is 7.83. The van der Waals surface area contributed by atoms with Crippen LogP contribution >= 0.6 is 0 Å². The van der Waals surface area contributed by atoms with Crippen molar-refractivity contribution < 1.29 is 0 Å². The molecule has 0 heterocycles. The summed E-state index contributed by atoms with van der Waals surface area (Å²) in [7, 11) is 0. The van der Waals surface area contributed by atoms with Gasteiger partial charge >= 0.3 is 0 Å². The molecule has 0 unspecified atom stereocenters. The van der Waals surface area contributed by atoms with Crippen molar-refractivity contribution in [2.45, 2.75) is 65.7 Å². The van der Waals surface area contributed by atoms with E-state index in [-0.39, 0.29) is 0 Å². The number of hydrogen-bond acceptors (Lipinski definition) is 1. The molecule has 1 rings (SSSR count). The zero-order valence-corrected chi connectivity index (χ0v) is 12.6. The largest absolute Gasteiger partial charge is 0.371 e. The highest BCUT2D eigenvalue weighted by atomic mass is 15.1. The van der Waals surface area contributed by atoms with Crippen LogP contribution in [0.25, 0.3) is 0 Å². The molecule has 0 aliphatic heterocycles. The lowest BCUT2D eigenvalue weighted by molar-refractivity contribution is 0.313. The van der Waals surface area contributed by atoms with Crippen LogP contribution in [0.15, 0.2) is 23.9 Å². The molecule has 1 aliphatic carbocycles. The highest BCUT2D eigenvalue weighted by Gasteiger charge is 2.12. The van der Waals surface area contributed by atoms with Gasteiger partial charge in [-0.05, 0) is 38.0 Å². The van der Waals surface area contributed by atoms with Gasteiger partial charge in [0.2, 0.25) is 0 Å². The summed E-state index contributed by atoms with van der Waals surface area (Å²) in [4.78, 5) is 2.59. The van der Waals surface area contributed by atoms with E-state index in [2.05, 4.69) is 43.9 Å². The molecule has 0 spiro atoms. The lowest BCUT2D eigenvalue weighted by Crippen LogP contribution is -2.28. The lowest BCUT2D eigenvalue weighted by Gasteiger charge is -2.30. The Bertz CT molecular complexity index is 263. The van der Waals surface area contributed by atoms with Gasteiger partial charge in [-0.25, -0.2) is 0 Å². The second-order valence-corrected chi connectivity index (χ2v) is 5.85. The molecule has 0 saturated carbocycles. The van der Waals surface area contributed by atoms with Crippen LogP contribution in [-0.4, -0.2) is 18.0 Å². The highest BCUT2D eigenvalue weighted by Crippen LogP contribution is 2.21. The third kappa shape index (κ3) is 6.28. The molecule has 0 aromatic carbocycles. The molecule has 0 atom stereocenters. The van der Waals surface area contributed by atoms with Crippen LogP contribution in [0.5, 0.6) is 0 Å². The molecule has 18 heavy (non-hydrogen) atoms. The summed E-state index contributed by atoms with van der Waals surface area (Å²) in [6.45, 7) is 9.19. The molecule has 0 radical (unpaired) electrons. The van der Waals surface area contributed by atoms with Crippen molar-refractivity contribution in [1.82, 2.24) is 4.90 Å². The minimum Gasteiger partial charge on any atom is -0.371 e. The van der Waals surface area contributed by atoms with Gasteiger partial charge in [0.1, 0.15) is 0 Å². The van der Waals surface area contributed by atoms with Crippen LogP contribution in [-0.2, 0) is 0 Å². The van der Waals surface area contributed by atoms with E-state index in [9.17, 15) is 0 Å². The van der Waals surface area contributed by atoms with Crippen molar-refractivity contribution in [2.24, 2.45) is 5.92 Å². The predicted octanol–water partition coefficient (Wildman–Crippen LogP) is 5.15. The summed E-state index contributed by atoms with van der Waals surface area (Å²) in [5.74, 6) is 0.747. The number of allylic oxidation sites excluding steroid dienone is 3. The van der Waals surface area contributed by atoms with Gasteiger partial charge in [-0.1, -0.05) is 51.8 Å². The molecule has 0 aromatic rings. The van der Waals surface area contributed by atoms with Gasteiger partial charge < -0.3 is 4.90 Å². The minimum absolute atomic E-state index is 0.747. The van der Waals surface area contributed by atoms with E-state index in [1.165, 1.54) is 51.5 Å². The van der Waals surface area contributed by atoms with E-state index >= 15 is 0 Å². The normalized spacial score (nSPS) is 16.3. The molecule has 0 aromatic heterocycles. The van der Waals surface area contributed by atoms with Crippen LogP contribution in [0.2, 0.25) is 0 Å². The third-order valence-corrected chi connectivity index (χ3v) is 3.48. The molecule has 1 nitrogen and oxygen atoms in total. The molecule has 0 amide bonds. The molecular weight excluding hydrogens is 218 g/mol. The summed E-state index contributed by atoms with van der Waals surface area (Å²) in [5.41, 5.74) is 1.59. The van der Waals surface area contributed by atoms with Crippen molar-refractivity contribution in [3.8, 4) is 0 Å².